The standard InChI is InChI=1S/C26H22ClN5O3/c1-16-23(24(31-34-3)26-30-29-25(35-26)21-6-4-5-13-28-21)20-14-19(33-2)11-12-22(20)32(16)15-17-7-9-18(27)10-8-17/h4-14H,15H2,1-3H3/b31-24-. The van der Waals surface area contributed by atoms with E-state index in [1.54, 1.807) is 19.4 Å². The van der Waals surface area contributed by atoms with Gasteiger partial charge in [0.15, 0.2) is 5.71 Å². The molecule has 9 heteroatoms. The number of aromatic nitrogens is 4. The number of halogens is 1. The van der Waals surface area contributed by atoms with E-state index in [0.717, 1.165) is 33.5 Å². The first-order valence-corrected chi connectivity index (χ1v) is 11.2. The molecule has 0 saturated carbocycles. The molecule has 0 amide bonds. The number of oxime groups is 1. The van der Waals surface area contributed by atoms with Crippen molar-refractivity contribution in [1.29, 1.82) is 0 Å². The van der Waals surface area contributed by atoms with Crippen LogP contribution in [0.1, 0.15) is 22.7 Å². The summed E-state index contributed by atoms with van der Waals surface area (Å²) in [5.41, 5.74) is 4.88. The number of nitrogens with zero attached hydrogens (tertiary/aromatic N) is 5. The second-order valence-electron chi connectivity index (χ2n) is 7.81. The van der Waals surface area contributed by atoms with E-state index in [2.05, 4.69) is 24.9 Å². The van der Waals surface area contributed by atoms with Crippen LogP contribution in [0, 0.1) is 6.92 Å². The summed E-state index contributed by atoms with van der Waals surface area (Å²) >= 11 is 6.09. The molecule has 176 valence electrons. The van der Waals surface area contributed by atoms with Crippen LogP contribution in [0.15, 0.2) is 76.4 Å². The second-order valence-corrected chi connectivity index (χ2v) is 8.24. The van der Waals surface area contributed by atoms with E-state index < -0.39 is 0 Å². The molecule has 3 aromatic heterocycles. The molecule has 5 aromatic rings. The van der Waals surface area contributed by atoms with Crippen LogP contribution in [0.25, 0.3) is 22.5 Å². The monoisotopic (exact) mass is 487 g/mol. The van der Waals surface area contributed by atoms with Gasteiger partial charge in [-0.3, -0.25) is 4.98 Å². The van der Waals surface area contributed by atoms with E-state index in [1.807, 2.05) is 61.5 Å². The highest BCUT2D eigenvalue weighted by Gasteiger charge is 2.25. The second kappa shape index (κ2) is 9.60. The third-order valence-electron chi connectivity index (χ3n) is 5.72. The Morgan fingerprint density at radius 2 is 1.89 bits per heavy atom. The Kier molecular flexibility index (Phi) is 6.20. The molecule has 0 aliphatic rings. The summed E-state index contributed by atoms with van der Waals surface area (Å²) in [5, 5.41) is 14.4. The Labute approximate surface area is 206 Å². The Morgan fingerprint density at radius 1 is 1.06 bits per heavy atom. The Balaban J connectivity index is 1.67. The summed E-state index contributed by atoms with van der Waals surface area (Å²) in [6.07, 6.45) is 1.67. The summed E-state index contributed by atoms with van der Waals surface area (Å²) in [5.74, 6) is 1.24. The van der Waals surface area contributed by atoms with Crippen LogP contribution in [0.3, 0.4) is 0 Å². The third kappa shape index (κ3) is 4.36. The van der Waals surface area contributed by atoms with Crippen LogP contribution in [0.5, 0.6) is 5.75 Å². The fraction of sp³-hybridized carbons (Fsp3) is 0.154. The minimum absolute atomic E-state index is 0.226. The lowest BCUT2D eigenvalue weighted by molar-refractivity contribution is 0.213. The van der Waals surface area contributed by atoms with Crippen molar-refractivity contribution in [3.63, 3.8) is 0 Å². The summed E-state index contributed by atoms with van der Waals surface area (Å²) < 4.78 is 13.7. The minimum Gasteiger partial charge on any atom is -0.497 e. The molecular weight excluding hydrogens is 466 g/mol. The fourth-order valence-electron chi connectivity index (χ4n) is 4.06. The van der Waals surface area contributed by atoms with Crippen LogP contribution < -0.4 is 4.74 Å². The molecule has 0 fully saturated rings. The van der Waals surface area contributed by atoms with E-state index >= 15 is 0 Å². The molecule has 0 unspecified atom stereocenters. The number of hydrogen-bond donors (Lipinski definition) is 0. The average molecular weight is 488 g/mol. The zero-order valence-corrected chi connectivity index (χ0v) is 20.2. The molecule has 8 nitrogen and oxygen atoms in total. The molecule has 0 radical (unpaired) electrons. The first kappa shape index (κ1) is 22.6. The van der Waals surface area contributed by atoms with Crippen LogP contribution in [0.4, 0.5) is 0 Å². The molecule has 5 rings (SSSR count). The largest absolute Gasteiger partial charge is 0.497 e. The number of benzene rings is 2. The quantitative estimate of drug-likeness (QED) is 0.222. The first-order chi connectivity index (χ1) is 17.1. The topological polar surface area (TPSA) is 87.6 Å². The van der Waals surface area contributed by atoms with Crippen LogP contribution in [-0.4, -0.2) is 39.7 Å². The van der Waals surface area contributed by atoms with E-state index in [1.165, 1.54) is 7.11 Å². The van der Waals surface area contributed by atoms with Gasteiger partial charge in [-0.25, -0.2) is 0 Å². The van der Waals surface area contributed by atoms with Gasteiger partial charge in [0.2, 0.25) is 0 Å². The molecular formula is C26H22ClN5O3. The lowest BCUT2D eigenvalue weighted by Gasteiger charge is -2.09. The van der Waals surface area contributed by atoms with Gasteiger partial charge in [0.05, 0.1) is 7.11 Å². The van der Waals surface area contributed by atoms with Crippen LogP contribution in [0.2, 0.25) is 5.02 Å². The van der Waals surface area contributed by atoms with Gasteiger partial charge in [-0.05, 0) is 55.0 Å². The van der Waals surface area contributed by atoms with Crippen molar-refractivity contribution in [2.75, 3.05) is 14.2 Å². The summed E-state index contributed by atoms with van der Waals surface area (Å²) in [6.45, 7) is 2.66. The molecule has 0 atom stereocenters. The normalized spacial score (nSPS) is 11.7. The van der Waals surface area contributed by atoms with E-state index in [0.29, 0.717) is 28.9 Å². The number of ether oxygens (including phenoxy) is 1. The molecule has 35 heavy (non-hydrogen) atoms. The minimum atomic E-state index is 0.226. The lowest BCUT2D eigenvalue weighted by Crippen LogP contribution is -2.08. The molecule has 2 aromatic carbocycles. The number of rotatable bonds is 7. The Morgan fingerprint density at radius 3 is 2.60 bits per heavy atom. The van der Waals surface area contributed by atoms with Gasteiger partial charge in [-0.1, -0.05) is 35.0 Å². The molecule has 0 aliphatic carbocycles. The molecule has 0 spiro atoms. The molecule has 0 aliphatic heterocycles. The van der Waals surface area contributed by atoms with E-state index in [4.69, 9.17) is 25.6 Å². The molecule has 3 heterocycles. The van der Waals surface area contributed by atoms with Gasteiger partial charge in [0.1, 0.15) is 18.6 Å². The van der Waals surface area contributed by atoms with Crippen molar-refractivity contribution < 1.29 is 14.0 Å². The smallest absolute Gasteiger partial charge is 0.270 e. The molecule has 0 saturated heterocycles. The predicted molar refractivity (Wildman–Crippen MR) is 134 cm³/mol. The maximum absolute atomic E-state index is 6.09. The van der Waals surface area contributed by atoms with E-state index in [-0.39, 0.29) is 5.89 Å². The van der Waals surface area contributed by atoms with Crippen molar-refractivity contribution in [3.8, 4) is 17.3 Å². The first-order valence-electron chi connectivity index (χ1n) is 10.9. The van der Waals surface area contributed by atoms with Gasteiger partial charge in [-0.2, -0.15) is 0 Å². The Bertz CT molecular complexity index is 1510. The highest BCUT2D eigenvalue weighted by Crippen LogP contribution is 2.32. The predicted octanol–water partition coefficient (Wildman–Crippen LogP) is 5.50. The summed E-state index contributed by atoms with van der Waals surface area (Å²) in [4.78, 5) is 9.51. The number of pyridine rings is 1. The lowest BCUT2D eigenvalue weighted by atomic mass is 10.1. The van der Waals surface area contributed by atoms with Crippen molar-refractivity contribution in [3.05, 3.63) is 94.6 Å². The zero-order valence-electron chi connectivity index (χ0n) is 19.4. The van der Waals surface area contributed by atoms with Gasteiger partial charge >= 0.3 is 0 Å². The molecule has 0 N–H and O–H groups in total. The van der Waals surface area contributed by atoms with Crippen molar-refractivity contribution in [2.45, 2.75) is 13.5 Å². The summed E-state index contributed by atoms with van der Waals surface area (Å²) in [6, 6.07) is 19.2. The van der Waals surface area contributed by atoms with Crippen LogP contribution >= 0.6 is 11.6 Å². The van der Waals surface area contributed by atoms with Gasteiger partial charge in [-0.15, -0.1) is 10.2 Å². The molecule has 0 bridgehead atoms. The van der Waals surface area contributed by atoms with Gasteiger partial charge in [0.25, 0.3) is 11.8 Å². The van der Waals surface area contributed by atoms with Gasteiger partial charge < -0.3 is 18.6 Å². The fourth-order valence-corrected chi connectivity index (χ4v) is 4.18. The summed E-state index contributed by atoms with van der Waals surface area (Å²) in [7, 11) is 3.12. The number of hydrogen-bond acceptors (Lipinski definition) is 7. The van der Waals surface area contributed by atoms with Gasteiger partial charge in [0, 0.05) is 39.9 Å². The average Bonchev–Trinajstić information content (AvgIpc) is 3.48. The number of fused-ring (bicyclic) bond motifs is 1. The zero-order chi connectivity index (χ0) is 24.4. The van der Waals surface area contributed by atoms with Crippen molar-refractivity contribution >= 4 is 28.2 Å². The van der Waals surface area contributed by atoms with Crippen molar-refractivity contribution in [2.24, 2.45) is 5.16 Å². The van der Waals surface area contributed by atoms with E-state index in [9.17, 15) is 0 Å². The Hall–Kier alpha value is -4.17. The maximum Gasteiger partial charge on any atom is 0.270 e. The SMILES string of the molecule is CO/N=C(\c1nnc(-c2ccccn2)o1)c1c(C)n(Cc2ccc(Cl)cc2)c2ccc(OC)cc12. The highest BCUT2D eigenvalue weighted by molar-refractivity contribution is 6.30. The number of methoxy groups -OCH3 is 1. The third-order valence-corrected chi connectivity index (χ3v) is 5.97. The highest BCUT2D eigenvalue weighted by atomic mass is 35.5. The maximum atomic E-state index is 6.09. The van der Waals surface area contributed by atoms with Crippen LogP contribution in [-0.2, 0) is 11.4 Å². The van der Waals surface area contributed by atoms with Crippen molar-refractivity contribution in [1.82, 2.24) is 19.7 Å².